The van der Waals surface area contributed by atoms with Gasteiger partial charge in [-0.1, -0.05) is 23.7 Å². The van der Waals surface area contributed by atoms with E-state index in [1.807, 2.05) is 25.7 Å². The first-order valence-electron chi connectivity index (χ1n) is 7.87. The van der Waals surface area contributed by atoms with Crippen LogP contribution in [0.1, 0.15) is 32.4 Å². The number of amides is 1. The maximum Gasteiger partial charge on any atom is 0.410 e. The summed E-state index contributed by atoms with van der Waals surface area (Å²) in [5.41, 5.74) is 0.138. The Labute approximate surface area is 146 Å². The number of carboxylic acid groups (broad SMARTS) is 1. The van der Waals surface area contributed by atoms with Crippen LogP contribution in [0.5, 0.6) is 0 Å². The van der Waals surface area contributed by atoms with Crippen LogP contribution in [-0.2, 0) is 9.53 Å². The van der Waals surface area contributed by atoms with Gasteiger partial charge in [-0.15, -0.1) is 0 Å². The van der Waals surface area contributed by atoms with Crippen molar-refractivity contribution in [1.82, 2.24) is 9.80 Å². The minimum absolute atomic E-state index is 0.361. The topological polar surface area (TPSA) is 70.1 Å². The predicted octanol–water partition coefficient (Wildman–Crippen LogP) is 3.02. The molecular weight excluding hydrogens is 332 g/mol. The first kappa shape index (κ1) is 18.5. The molecule has 6 nitrogen and oxygen atoms in total. The molecule has 1 unspecified atom stereocenters. The van der Waals surface area contributed by atoms with Crippen molar-refractivity contribution in [2.75, 3.05) is 26.2 Å². The number of halogens is 1. The molecule has 1 fully saturated rings. The lowest BCUT2D eigenvalue weighted by atomic mass is 10.0. The van der Waals surface area contributed by atoms with Gasteiger partial charge in [0.15, 0.2) is 0 Å². The Morgan fingerprint density at radius 2 is 1.67 bits per heavy atom. The largest absolute Gasteiger partial charge is 0.480 e. The molecule has 7 heteroatoms. The smallest absolute Gasteiger partial charge is 0.410 e. The summed E-state index contributed by atoms with van der Waals surface area (Å²) in [6, 6.07) is 6.07. The van der Waals surface area contributed by atoms with Gasteiger partial charge in [-0.2, -0.15) is 0 Å². The molecule has 0 spiro atoms. The fourth-order valence-electron chi connectivity index (χ4n) is 2.64. The van der Waals surface area contributed by atoms with Crippen LogP contribution in [0.25, 0.3) is 0 Å². The van der Waals surface area contributed by atoms with Crippen LogP contribution in [0, 0.1) is 0 Å². The lowest BCUT2D eigenvalue weighted by Crippen LogP contribution is -2.51. The second-order valence-corrected chi connectivity index (χ2v) is 7.23. The molecular formula is C17H23ClN2O4. The Morgan fingerprint density at radius 3 is 2.12 bits per heavy atom. The molecule has 2 rings (SSSR count). The number of rotatable bonds is 3. The quantitative estimate of drug-likeness (QED) is 0.903. The van der Waals surface area contributed by atoms with E-state index in [1.54, 1.807) is 29.2 Å². The van der Waals surface area contributed by atoms with Crippen LogP contribution < -0.4 is 0 Å². The van der Waals surface area contributed by atoms with Gasteiger partial charge in [-0.05, 0) is 38.5 Å². The van der Waals surface area contributed by atoms with Crippen molar-refractivity contribution < 1.29 is 19.4 Å². The molecule has 1 aliphatic heterocycles. The molecule has 1 saturated heterocycles. The highest BCUT2D eigenvalue weighted by Gasteiger charge is 2.32. The second-order valence-electron chi connectivity index (χ2n) is 6.80. The van der Waals surface area contributed by atoms with E-state index in [2.05, 4.69) is 0 Å². The van der Waals surface area contributed by atoms with Crippen molar-refractivity contribution in [2.45, 2.75) is 32.4 Å². The maximum atomic E-state index is 12.1. The molecule has 132 valence electrons. The molecule has 1 atom stereocenters. The van der Waals surface area contributed by atoms with Gasteiger partial charge < -0.3 is 14.7 Å². The van der Waals surface area contributed by atoms with Crippen LogP contribution >= 0.6 is 11.6 Å². The fraction of sp³-hybridized carbons (Fsp3) is 0.529. The summed E-state index contributed by atoms with van der Waals surface area (Å²) in [7, 11) is 0. The summed E-state index contributed by atoms with van der Waals surface area (Å²) in [4.78, 5) is 27.3. The summed E-state index contributed by atoms with van der Waals surface area (Å²) in [5.74, 6) is -0.914. The van der Waals surface area contributed by atoms with E-state index in [4.69, 9.17) is 16.3 Å². The van der Waals surface area contributed by atoms with Crippen LogP contribution in [0.3, 0.4) is 0 Å². The van der Waals surface area contributed by atoms with Crippen LogP contribution in [0.2, 0.25) is 5.02 Å². The molecule has 24 heavy (non-hydrogen) atoms. The molecule has 0 radical (unpaired) electrons. The lowest BCUT2D eigenvalue weighted by Gasteiger charge is -2.38. The zero-order valence-electron chi connectivity index (χ0n) is 14.2. The number of piperazine rings is 1. The summed E-state index contributed by atoms with van der Waals surface area (Å²) < 4.78 is 5.36. The summed E-state index contributed by atoms with van der Waals surface area (Å²) in [6.45, 7) is 7.28. The van der Waals surface area contributed by atoms with Gasteiger partial charge in [-0.25, -0.2) is 4.79 Å². The molecule has 1 aliphatic rings. The Balaban J connectivity index is 2.02. The van der Waals surface area contributed by atoms with E-state index in [9.17, 15) is 14.7 Å². The summed E-state index contributed by atoms with van der Waals surface area (Å²) >= 11 is 5.87. The van der Waals surface area contributed by atoms with Gasteiger partial charge in [0.25, 0.3) is 0 Å². The molecule has 0 aliphatic carbocycles. The number of ether oxygens (including phenoxy) is 1. The molecule has 0 bridgehead atoms. The van der Waals surface area contributed by atoms with Crippen molar-refractivity contribution >= 4 is 23.7 Å². The third-order valence-electron chi connectivity index (χ3n) is 3.75. The van der Waals surface area contributed by atoms with Gasteiger partial charge in [0.2, 0.25) is 0 Å². The monoisotopic (exact) mass is 354 g/mol. The van der Waals surface area contributed by atoms with Crippen molar-refractivity contribution in [3.63, 3.8) is 0 Å². The molecule has 1 aromatic rings. The first-order chi connectivity index (χ1) is 11.2. The maximum absolute atomic E-state index is 12.1. The SMILES string of the molecule is CC(C)(C)OC(=O)N1CCN(C(C(=O)O)c2ccc(Cl)cc2)CC1. The normalized spacial score (nSPS) is 17.4. The number of hydrogen-bond donors (Lipinski definition) is 1. The summed E-state index contributed by atoms with van der Waals surface area (Å²) in [6.07, 6.45) is -0.361. The van der Waals surface area contributed by atoms with Crippen molar-refractivity contribution in [3.05, 3.63) is 34.9 Å². The Bertz CT molecular complexity index is 590. The molecule has 1 heterocycles. The molecule has 1 amide bonds. The van der Waals surface area contributed by atoms with Gasteiger partial charge in [-0.3, -0.25) is 9.69 Å². The van der Waals surface area contributed by atoms with Crippen molar-refractivity contribution in [2.24, 2.45) is 0 Å². The second kappa shape index (κ2) is 7.40. The van der Waals surface area contributed by atoms with Crippen molar-refractivity contribution in [1.29, 1.82) is 0 Å². The highest BCUT2D eigenvalue weighted by atomic mass is 35.5. The highest BCUT2D eigenvalue weighted by Crippen LogP contribution is 2.24. The number of aliphatic carboxylic acids is 1. The molecule has 0 saturated carbocycles. The standard InChI is InChI=1S/C17H23ClN2O4/c1-17(2,3)24-16(23)20-10-8-19(9-11-20)14(15(21)22)12-4-6-13(18)7-5-12/h4-7,14H,8-11H2,1-3H3,(H,21,22). The van der Waals surface area contributed by atoms with Crippen LogP contribution in [0.4, 0.5) is 4.79 Å². The zero-order valence-corrected chi connectivity index (χ0v) is 14.9. The zero-order chi connectivity index (χ0) is 17.9. The highest BCUT2D eigenvalue weighted by molar-refractivity contribution is 6.30. The lowest BCUT2D eigenvalue weighted by molar-refractivity contribution is -0.144. The van der Waals surface area contributed by atoms with Crippen LogP contribution in [0.15, 0.2) is 24.3 Å². The number of benzene rings is 1. The fourth-order valence-corrected chi connectivity index (χ4v) is 2.77. The number of carbonyl (C=O) groups is 2. The number of hydrogen-bond acceptors (Lipinski definition) is 4. The average Bonchev–Trinajstić information content (AvgIpc) is 2.48. The van der Waals surface area contributed by atoms with Gasteiger partial charge in [0.1, 0.15) is 11.6 Å². The van der Waals surface area contributed by atoms with Gasteiger partial charge in [0.05, 0.1) is 0 Å². The minimum atomic E-state index is -0.914. The first-order valence-corrected chi connectivity index (χ1v) is 8.25. The number of carboxylic acids is 1. The summed E-state index contributed by atoms with van der Waals surface area (Å²) in [5, 5.41) is 10.2. The van der Waals surface area contributed by atoms with Gasteiger partial charge >= 0.3 is 12.1 Å². The third kappa shape index (κ3) is 4.85. The number of carbonyl (C=O) groups excluding carboxylic acids is 1. The Kier molecular flexibility index (Phi) is 5.72. The van der Waals surface area contributed by atoms with E-state index in [0.717, 1.165) is 0 Å². The van der Waals surface area contributed by atoms with Gasteiger partial charge in [0, 0.05) is 31.2 Å². The number of nitrogens with zero attached hydrogens (tertiary/aromatic N) is 2. The molecule has 1 N–H and O–H groups in total. The minimum Gasteiger partial charge on any atom is -0.480 e. The predicted molar refractivity (Wildman–Crippen MR) is 91.2 cm³/mol. The molecule has 1 aromatic carbocycles. The Hall–Kier alpha value is -1.79. The van der Waals surface area contributed by atoms with Crippen LogP contribution in [-0.4, -0.2) is 58.7 Å². The van der Waals surface area contributed by atoms with E-state index >= 15 is 0 Å². The third-order valence-corrected chi connectivity index (χ3v) is 4.00. The van der Waals surface area contributed by atoms with E-state index in [0.29, 0.717) is 36.8 Å². The van der Waals surface area contributed by atoms with E-state index < -0.39 is 17.6 Å². The average molecular weight is 355 g/mol. The van der Waals surface area contributed by atoms with E-state index in [1.165, 1.54) is 0 Å². The molecule has 0 aromatic heterocycles. The Morgan fingerprint density at radius 1 is 1.12 bits per heavy atom. The van der Waals surface area contributed by atoms with Crippen molar-refractivity contribution in [3.8, 4) is 0 Å². The van der Waals surface area contributed by atoms with E-state index in [-0.39, 0.29) is 6.09 Å².